The minimum atomic E-state index is -3.57. The van der Waals surface area contributed by atoms with Crippen LogP contribution in [0.25, 0.3) is 0 Å². The third-order valence-electron chi connectivity index (χ3n) is 4.78. The molecule has 1 saturated heterocycles. The maximum atomic E-state index is 13.8. The fourth-order valence-electron chi connectivity index (χ4n) is 3.20. The Hall–Kier alpha value is -1.97. The number of benzene rings is 2. The lowest BCUT2D eigenvalue weighted by atomic mass is 10.2. The first-order chi connectivity index (χ1) is 13.8. The summed E-state index contributed by atoms with van der Waals surface area (Å²) < 4.78 is 41.9. The monoisotopic (exact) mass is 483 g/mol. The van der Waals surface area contributed by atoms with Crippen molar-refractivity contribution in [1.29, 1.82) is 0 Å². The number of nitrogens with one attached hydrogen (secondary N) is 2. The lowest BCUT2D eigenvalue weighted by Crippen LogP contribution is -2.36. The van der Waals surface area contributed by atoms with Gasteiger partial charge in [-0.05, 0) is 55.7 Å². The van der Waals surface area contributed by atoms with Gasteiger partial charge in [0.1, 0.15) is 5.82 Å². The summed E-state index contributed by atoms with van der Waals surface area (Å²) in [6, 6.07) is 9.34. The van der Waals surface area contributed by atoms with E-state index in [2.05, 4.69) is 26.6 Å². The van der Waals surface area contributed by atoms with Gasteiger partial charge in [-0.25, -0.2) is 12.8 Å². The van der Waals surface area contributed by atoms with Crippen LogP contribution in [-0.2, 0) is 14.8 Å². The normalized spacial score (nSPS) is 15.1. The number of hydrogen-bond donors (Lipinski definition) is 2. The van der Waals surface area contributed by atoms with Crippen LogP contribution in [0.2, 0.25) is 0 Å². The summed E-state index contributed by atoms with van der Waals surface area (Å²) in [4.78, 5) is 12.4. The molecule has 1 aliphatic heterocycles. The van der Waals surface area contributed by atoms with Gasteiger partial charge in [0.05, 0.1) is 17.1 Å². The molecule has 29 heavy (non-hydrogen) atoms. The zero-order valence-electron chi connectivity index (χ0n) is 16.0. The van der Waals surface area contributed by atoms with E-state index in [1.807, 2.05) is 0 Å². The highest BCUT2D eigenvalue weighted by Crippen LogP contribution is 2.26. The van der Waals surface area contributed by atoms with Crippen LogP contribution in [0.5, 0.6) is 0 Å². The van der Waals surface area contributed by atoms with Crippen molar-refractivity contribution >= 4 is 43.2 Å². The quantitative estimate of drug-likeness (QED) is 0.647. The van der Waals surface area contributed by atoms with E-state index in [4.69, 9.17) is 0 Å². The number of halogens is 2. The van der Waals surface area contributed by atoms with Crippen molar-refractivity contribution in [1.82, 2.24) is 4.31 Å². The van der Waals surface area contributed by atoms with Gasteiger partial charge < -0.3 is 10.6 Å². The van der Waals surface area contributed by atoms with Crippen LogP contribution in [0, 0.1) is 12.7 Å². The number of amides is 1. The number of carbonyl (C=O) groups is 1. The Bertz CT molecular complexity index is 1010. The van der Waals surface area contributed by atoms with Gasteiger partial charge in [-0.15, -0.1) is 0 Å². The second-order valence-electron chi connectivity index (χ2n) is 6.97. The van der Waals surface area contributed by atoms with E-state index >= 15 is 0 Å². The summed E-state index contributed by atoms with van der Waals surface area (Å²) in [7, 11) is -3.57. The summed E-state index contributed by atoms with van der Waals surface area (Å²) in [6.45, 7) is 2.69. The molecule has 0 aliphatic carbocycles. The van der Waals surface area contributed by atoms with E-state index in [0.717, 1.165) is 19.3 Å². The maximum Gasteiger partial charge on any atom is 0.243 e. The molecule has 1 fully saturated rings. The van der Waals surface area contributed by atoms with Gasteiger partial charge >= 0.3 is 0 Å². The van der Waals surface area contributed by atoms with E-state index in [1.54, 1.807) is 31.2 Å². The molecule has 0 spiro atoms. The molecule has 2 aromatic rings. The van der Waals surface area contributed by atoms with Crippen LogP contribution in [0.3, 0.4) is 0 Å². The van der Waals surface area contributed by atoms with Gasteiger partial charge in [-0.2, -0.15) is 4.31 Å². The molecule has 6 nitrogen and oxygen atoms in total. The fourth-order valence-corrected chi connectivity index (χ4v) is 5.30. The summed E-state index contributed by atoms with van der Waals surface area (Å²) in [5, 5.41) is 5.40. The number of nitrogens with zero attached hydrogens (tertiary/aromatic N) is 1. The number of carbonyl (C=O) groups excluding carboxylic acids is 1. The molecule has 0 saturated carbocycles. The molecule has 1 heterocycles. The first kappa shape index (κ1) is 21.7. The Morgan fingerprint density at radius 3 is 2.55 bits per heavy atom. The van der Waals surface area contributed by atoms with E-state index in [0.29, 0.717) is 28.8 Å². The molecule has 2 aromatic carbocycles. The van der Waals surface area contributed by atoms with Crippen molar-refractivity contribution in [2.24, 2.45) is 0 Å². The number of aryl methyl sites for hydroxylation is 1. The lowest BCUT2D eigenvalue weighted by molar-refractivity contribution is -0.114. The molecule has 3 rings (SSSR count). The zero-order valence-corrected chi connectivity index (χ0v) is 18.4. The van der Waals surface area contributed by atoms with Gasteiger partial charge in [0.2, 0.25) is 15.9 Å². The molecule has 156 valence electrons. The summed E-state index contributed by atoms with van der Waals surface area (Å²) in [6.07, 6.45) is 2.77. The van der Waals surface area contributed by atoms with Crippen molar-refractivity contribution in [3.63, 3.8) is 0 Å². The molecule has 2 N–H and O–H groups in total. The van der Waals surface area contributed by atoms with Crippen LogP contribution < -0.4 is 10.6 Å². The van der Waals surface area contributed by atoms with Gasteiger partial charge in [-0.3, -0.25) is 4.79 Å². The second-order valence-corrected chi connectivity index (χ2v) is 9.79. The van der Waals surface area contributed by atoms with Crippen LogP contribution in [0.15, 0.2) is 45.8 Å². The van der Waals surface area contributed by atoms with Crippen molar-refractivity contribution in [3.8, 4) is 0 Å². The number of hydrogen-bond acceptors (Lipinski definition) is 4. The van der Waals surface area contributed by atoms with E-state index < -0.39 is 21.7 Å². The molecule has 0 radical (unpaired) electrons. The minimum absolute atomic E-state index is 0.0808. The Morgan fingerprint density at radius 1 is 1.14 bits per heavy atom. The van der Waals surface area contributed by atoms with Crippen LogP contribution in [0.1, 0.15) is 24.8 Å². The summed E-state index contributed by atoms with van der Waals surface area (Å²) in [5.74, 6) is -0.981. The molecule has 0 unspecified atom stereocenters. The molecule has 9 heteroatoms. The highest BCUT2D eigenvalue weighted by molar-refractivity contribution is 9.10. The molecule has 0 bridgehead atoms. The Balaban J connectivity index is 1.68. The standard InChI is InChI=1S/C20H23BrFN3O3S/c1-14-5-7-16(12-19(14)29(27,28)25-9-3-2-4-10-25)23-13-20(26)24-18-8-6-15(21)11-17(18)22/h5-8,11-12,23H,2-4,9-10,13H2,1H3,(H,24,26). The predicted octanol–water partition coefficient (Wildman–Crippen LogP) is 4.12. The average molecular weight is 484 g/mol. The number of anilines is 2. The Morgan fingerprint density at radius 2 is 1.86 bits per heavy atom. The van der Waals surface area contributed by atoms with Gasteiger partial charge in [-0.1, -0.05) is 28.4 Å². The Labute approximate surface area is 178 Å². The summed E-state index contributed by atoms with van der Waals surface area (Å²) >= 11 is 3.16. The topological polar surface area (TPSA) is 78.5 Å². The average Bonchev–Trinajstić information content (AvgIpc) is 2.70. The lowest BCUT2D eigenvalue weighted by Gasteiger charge is -2.26. The van der Waals surface area contributed by atoms with Crippen LogP contribution >= 0.6 is 15.9 Å². The minimum Gasteiger partial charge on any atom is -0.376 e. The highest BCUT2D eigenvalue weighted by atomic mass is 79.9. The van der Waals surface area contributed by atoms with Crippen molar-refractivity contribution in [2.75, 3.05) is 30.3 Å². The van der Waals surface area contributed by atoms with Gasteiger partial charge in [0.15, 0.2) is 0 Å². The molecular weight excluding hydrogens is 461 g/mol. The second kappa shape index (κ2) is 9.23. The van der Waals surface area contributed by atoms with Crippen molar-refractivity contribution < 1.29 is 17.6 Å². The third-order valence-corrected chi connectivity index (χ3v) is 7.31. The first-order valence-electron chi connectivity index (χ1n) is 9.37. The Kier molecular flexibility index (Phi) is 6.92. The zero-order chi connectivity index (χ0) is 21.0. The SMILES string of the molecule is Cc1ccc(NCC(=O)Nc2ccc(Br)cc2F)cc1S(=O)(=O)N1CCCCC1. The van der Waals surface area contributed by atoms with Gasteiger partial charge in [0, 0.05) is 23.2 Å². The smallest absolute Gasteiger partial charge is 0.243 e. The van der Waals surface area contributed by atoms with Gasteiger partial charge in [0.25, 0.3) is 0 Å². The number of sulfonamides is 1. The molecule has 1 amide bonds. The predicted molar refractivity (Wildman–Crippen MR) is 115 cm³/mol. The molecular formula is C20H23BrFN3O3S. The van der Waals surface area contributed by atoms with Crippen molar-refractivity contribution in [3.05, 3.63) is 52.3 Å². The first-order valence-corrected chi connectivity index (χ1v) is 11.6. The molecule has 0 atom stereocenters. The fraction of sp³-hybridized carbons (Fsp3) is 0.350. The van der Waals surface area contributed by atoms with Crippen LogP contribution in [0.4, 0.5) is 15.8 Å². The van der Waals surface area contributed by atoms with E-state index in [1.165, 1.54) is 16.4 Å². The summed E-state index contributed by atoms with van der Waals surface area (Å²) in [5.41, 5.74) is 1.25. The highest BCUT2D eigenvalue weighted by Gasteiger charge is 2.27. The third kappa shape index (κ3) is 5.34. The van der Waals surface area contributed by atoms with Crippen LogP contribution in [-0.4, -0.2) is 38.3 Å². The largest absolute Gasteiger partial charge is 0.376 e. The maximum absolute atomic E-state index is 13.8. The molecule has 0 aromatic heterocycles. The van der Waals surface area contributed by atoms with E-state index in [-0.39, 0.29) is 17.1 Å². The number of piperidine rings is 1. The number of rotatable bonds is 6. The van der Waals surface area contributed by atoms with Crippen molar-refractivity contribution in [2.45, 2.75) is 31.1 Å². The van der Waals surface area contributed by atoms with E-state index in [9.17, 15) is 17.6 Å². The molecule has 1 aliphatic rings.